The zero-order valence-electron chi connectivity index (χ0n) is 6.70. The Bertz CT molecular complexity index is 149. The van der Waals surface area contributed by atoms with Gasteiger partial charge in [-0.25, -0.2) is 0 Å². The Labute approximate surface area is 70.4 Å². The Morgan fingerprint density at radius 1 is 1.82 bits per heavy atom. The monoisotopic (exact) mass is 176 g/mol. The number of esters is 1. The van der Waals surface area contributed by atoms with Gasteiger partial charge in [0, 0.05) is 6.92 Å². The van der Waals surface area contributed by atoms with Crippen molar-refractivity contribution in [2.45, 2.75) is 32.0 Å². The molecule has 0 N–H and O–H groups in total. The van der Waals surface area contributed by atoms with Crippen LogP contribution in [0.5, 0.6) is 0 Å². The number of thioether (sulfide) groups is 1. The molecule has 1 rings (SSSR count). The molecule has 64 valence electrons. The summed E-state index contributed by atoms with van der Waals surface area (Å²) in [6.45, 7) is 3.45. The average Bonchev–Trinajstić information content (AvgIpc) is 2.34. The van der Waals surface area contributed by atoms with Crippen LogP contribution >= 0.6 is 11.8 Å². The van der Waals surface area contributed by atoms with Crippen LogP contribution in [0.4, 0.5) is 0 Å². The van der Waals surface area contributed by atoms with Gasteiger partial charge in [0.2, 0.25) is 6.29 Å². The molecule has 0 radical (unpaired) electrons. The van der Waals surface area contributed by atoms with Gasteiger partial charge in [-0.3, -0.25) is 4.79 Å². The molecule has 1 heterocycles. The second kappa shape index (κ2) is 3.97. The number of ether oxygens (including phenoxy) is 2. The Morgan fingerprint density at radius 3 is 3.00 bits per heavy atom. The number of rotatable bonds is 2. The Hall–Kier alpha value is -0.220. The van der Waals surface area contributed by atoms with Gasteiger partial charge < -0.3 is 9.47 Å². The molecule has 0 aliphatic carbocycles. The van der Waals surface area contributed by atoms with E-state index in [9.17, 15) is 4.79 Å². The van der Waals surface area contributed by atoms with Gasteiger partial charge in [-0.15, -0.1) is 11.8 Å². The van der Waals surface area contributed by atoms with Crippen molar-refractivity contribution in [1.29, 1.82) is 0 Å². The number of carbonyl (C=O) groups is 1. The molecule has 1 fully saturated rings. The van der Waals surface area contributed by atoms with Crippen LogP contribution in [-0.2, 0) is 14.3 Å². The molecule has 0 spiro atoms. The lowest BCUT2D eigenvalue weighted by Gasteiger charge is -2.10. The van der Waals surface area contributed by atoms with Crippen molar-refractivity contribution in [2.24, 2.45) is 0 Å². The third-order valence-corrected chi connectivity index (χ3v) is 2.63. The quantitative estimate of drug-likeness (QED) is 0.595. The standard InChI is InChI=1S/C7H12O3S/c1-3-7-10-6(4-11-7)9-5(2)8/h6-7H,3-4H2,1-2H3/t6?,7-/m0/s1. The van der Waals surface area contributed by atoms with Crippen molar-refractivity contribution in [3.05, 3.63) is 0 Å². The first-order chi connectivity index (χ1) is 5.22. The van der Waals surface area contributed by atoms with Crippen molar-refractivity contribution in [3.8, 4) is 0 Å². The summed E-state index contributed by atoms with van der Waals surface area (Å²) in [6.07, 6.45) is 0.644. The number of hydrogen-bond acceptors (Lipinski definition) is 4. The highest BCUT2D eigenvalue weighted by atomic mass is 32.2. The number of carbonyl (C=O) groups excluding carboxylic acids is 1. The second-order valence-corrected chi connectivity index (χ2v) is 3.54. The SMILES string of the molecule is CC[C@H]1OC(OC(C)=O)CS1. The van der Waals surface area contributed by atoms with Crippen LogP contribution in [0.3, 0.4) is 0 Å². The van der Waals surface area contributed by atoms with Crippen LogP contribution in [-0.4, -0.2) is 23.4 Å². The lowest BCUT2D eigenvalue weighted by molar-refractivity contribution is -0.170. The van der Waals surface area contributed by atoms with E-state index in [1.807, 2.05) is 6.92 Å². The highest BCUT2D eigenvalue weighted by molar-refractivity contribution is 8.00. The van der Waals surface area contributed by atoms with E-state index in [1.165, 1.54) is 6.92 Å². The molecular formula is C7H12O3S. The van der Waals surface area contributed by atoms with Gasteiger partial charge in [0.05, 0.1) is 5.75 Å². The zero-order chi connectivity index (χ0) is 8.27. The van der Waals surface area contributed by atoms with E-state index in [-0.39, 0.29) is 17.7 Å². The van der Waals surface area contributed by atoms with Crippen molar-refractivity contribution >= 4 is 17.7 Å². The Kier molecular flexibility index (Phi) is 3.20. The lowest BCUT2D eigenvalue weighted by atomic mass is 10.5. The fourth-order valence-electron chi connectivity index (χ4n) is 0.895. The lowest BCUT2D eigenvalue weighted by Crippen LogP contribution is -2.18. The van der Waals surface area contributed by atoms with E-state index in [0.717, 1.165) is 12.2 Å². The Balaban J connectivity index is 2.24. The third kappa shape index (κ3) is 2.71. The van der Waals surface area contributed by atoms with Crippen LogP contribution in [0.2, 0.25) is 0 Å². The molecular weight excluding hydrogens is 164 g/mol. The minimum Gasteiger partial charge on any atom is -0.435 e. The summed E-state index contributed by atoms with van der Waals surface area (Å²) in [5, 5.41) is 0. The van der Waals surface area contributed by atoms with Gasteiger partial charge in [0.25, 0.3) is 0 Å². The van der Waals surface area contributed by atoms with Gasteiger partial charge in [-0.2, -0.15) is 0 Å². The van der Waals surface area contributed by atoms with Gasteiger partial charge >= 0.3 is 5.97 Å². The summed E-state index contributed by atoms with van der Waals surface area (Å²) < 4.78 is 10.2. The van der Waals surface area contributed by atoms with E-state index in [0.29, 0.717) is 0 Å². The van der Waals surface area contributed by atoms with Crippen molar-refractivity contribution in [2.75, 3.05) is 5.75 Å². The summed E-state index contributed by atoms with van der Waals surface area (Å²) in [6, 6.07) is 0. The van der Waals surface area contributed by atoms with Gasteiger partial charge in [0.1, 0.15) is 5.44 Å². The van der Waals surface area contributed by atoms with Crippen molar-refractivity contribution < 1.29 is 14.3 Å². The molecule has 1 unspecified atom stereocenters. The average molecular weight is 176 g/mol. The van der Waals surface area contributed by atoms with E-state index < -0.39 is 0 Å². The van der Waals surface area contributed by atoms with Crippen molar-refractivity contribution in [1.82, 2.24) is 0 Å². The molecule has 1 saturated heterocycles. The fraction of sp³-hybridized carbons (Fsp3) is 0.857. The van der Waals surface area contributed by atoms with Crippen LogP contribution in [0.1, 0.15) is 20.3 Å². The molecule has 0 saturated carbocycles. The van der Waals surface area contributed by atoms with Gasteiger partial charge in [-0.05, 0) is 6.42 Å². The molecule has 0 aromatic carbocycles. The van der Waals surface area contributed by atoms with Crippen LogP contribution in [0.25, 0.3) is 0 Å². The molecule has 0 aromatic heterocycles. The van der Waals surface area contributed by atoms with E-state index in [2.05, 4.69) is 0 Å². The maximum Gasteiger partial charge on any atom is 0.304 e. The molecule has 2 atom stereocenters. The van der Waals surface area contributed by atoms with Crippen LogP contribution < -0.4 is 0 Å². The smallest absolute Gasteiger partial charge is 0.304 e. The predicted octanol–water partition coefficient (Wildman–Crippen LogP) is 1.38. The first-order valence-corrected chi connectivity index (χ1v) is 4.71. The minimum atomic E-state index is -0.317. The second-order valence-electron chi connectivity index (χ2n) is 2.35. The molecule has 4 heteroatoms. The van der Waals surface area contributed by atoms with E-state index in [4.69, 9.17) is 9.47 Å². The first kappa shape index (κ1) is 8.87. The molecule has 1 aliphatic rings. The third-order valence-electron chi connectivity index (χ3n) is 1.35. The summed E-state index contributed by atoms with van der Waals surface area (Å²) in [4.78, 5) is 10.5. The van der Waals surface area contributed by atoms with E-state index in [1.54, 1.807) is 11.8 Å². The molecule has 0 amide bonds. The number of hydrogen-bond donors (Lipinski definition) is 0. The molecule has 3 nitrogen and oxygen atoms in total. The molecule has 11 heavy (non-hydrogen) atoms. The molecule has 0 aromatic rings. The summed E-state index contributed by atoms with van der Waals surface area (Å²) in [5.41, 5.74) is 0.208. The first-order valence-electron chi connectivity index (χ1n) is 3.66. The zero-order valence-corrected chi connectivity index (χ0v) is 7.52. The highest BCUT2D eigenvalue weighted by Crippen LogP contribution is 2.27. The topological polar surface area (TPSA) is 35.5 Å². The summed E-state index contributed by atoms with van der Waals surface area (Å²) >= 11 is 1.69. The van der Waals surface area contributed by atoms with Crippen LogP contribution in [0.15, 0.2) is 0 Å². The van der Waals surface area contributed by atoms with Crippen LogP contribution in [0, 0.1) is 0 Å². The van der Waals surface area contributed by atoms with Gasteiger partial charge in [-0.1, -0.05) is 6.92 Å². The summed E-state index contributed by atoms with van der Waals surface area (Å²) in [5.74, 6) is 0.491. The molecule has 0 bridgehead atoms. The maximum absolute atomic E-state index is 10.5. The highest BCUT2D eigenvalue weighted by Gasteiger charge is 2.26. The summed E-state index contributed by atoms with van der Waals surface area (Å²) in [7, 11) is 0. The Morgan fingerprint density at radius 2 is 2.55 bits per heavy atom. The maximum atomic E-state index is 10.5. The molecule has 1 aliphatic heterocycles. The largest absolute Gasteiger partial charge is 0.435 e. The van der Waals surface area contributed by atoms with Crippen molar-refractivity contribution in [3.63, 3.8) is 0 Å². The van der Waals surface area contributed by atoms with Gasteiger partial charge in [0.15, 0.2) is 0 Å². The fourth-order valence-corrected chi connectivity index (χ4v) is 1.85. The normalized spacial score (nSPS) is 30.4. The predicted molar refractivity (Wildman–Crippen MR) is 43.2 cm³/mol. The van der Waals surface area contributed by atoms with E-state index >= 15 is 0 Å². The minimum absolute atomic E-state index is 0.208.